The molecule has 0 saturated carbocycles. The molecular weight excluding hydrogens is 488 g/mol. The third-order valence-corrected chi connectivity index (χ3v) is 7.45. The maximum Gasteiger partial charge on any atom is 0.240 e. The van der Waals surface area contributed by atoms with E-state index in [0.29, 0.717) is 18.5 Å². The lowest BCUT2D eigenvalue weighted by Crippen LogP contribution is -2.25. The number of H-pyrrole nitrogens is 1. The fraction of sp³-hybridized carbons (Fsp3) is 0.433. The molecule has 0 spiro atoms. The standard InChI is InChI=1S/C30H36N8O/c1-17(2)38-18(3)14-24(36-38)27-34-26-22(12-13-31-28(26)35-27)20-10-11-21-19(15-20)8-7-9-23(21)32-16-25-33-29(37-39-25)30(4,5)6/h10-15,17,23,32H,7-9,16H2,1-6H3,(H,31,34,35). The van der Waals surface area contributed by atoms with Gasteiger partial charge >= 0.3 is 0 Å². The molecular formula is C30H36N8O. The molecule has 0 aliphatic heterocycles. The van der Waals surface area contributed by atoms with Gasteiger partial charge in [0.2, 0.25) is 5.89 Å². The molecule has 6 rings (SSSR count). The highest BCUT2D eigenvalue weighted by Gasteiger charge is 2.24. The summed E-state index contributed by atoms with van der Waals surface area (Å²) in [5, 5.41) is 12.6. The van der Waals surface area contributed by atoms with Gasteiger partial charge in [0.25, 0.3) is 0 Å². The quantitative estimate of drug-likeness (QED) is 0.271. The summed E-state index contributed by atoms with van der Waals surface area (Å²) in [4.78, 5) is 17.5. The van der Waals surface area contributed by atoms with E-state index in [-0.39, 0.29) is 11.5 Å². The van der Waals surface area contributed by atoms with Crippen molar-refractivity contribution in [2.75, 3.05) is 0 Å². The van der Waals surface area contributed by atoms with Crippen LogP contribution in [0.25, 0.3) is 33.8 Å². The first-order valence-electron chi connectivity index (χ1n) is 13.8. The molecule has 1 atom stereocenters. The molecule has 0 amide bonds. The number of nitrogens with one attached hydrogen (secondary N) is 2. The van der Waals surface area contributed by atoms with Crippen LogP contribution in [-0.2, 0) is 18.4 Å². The van der Waals surface area contributed by atoms with Gasteiger partial charge < -0.3 is 14.8 Å². The molecule has 9 heteroatoms. The normalized spacial score (nSPS) is 15.8. The molecule has 1 aliphatic rings. The molecule has 39 heavy (non-hydrogen) atoms. The largest absolute Gasteiger partial charge is 0.338 e. The minimum absolute atomic E-state index is 0.127. The van der Waals surface area contributed by atoms with Crippen molar-refractivity contribution >= 4 is 11.2 Å². The average molecular weight is 525 g/mol. The van der Waals surface area contributed by atoms with Crippen LogP contribution in [0.5, 0.6) is 0 Å². The molecule has 1 aliphatic carbocycles. The molecule has 202 valence electrons. The third kappa shape index (κ3) is 4.87. The van der Waals surface area contributed by atoms with Gasteiger partial charge in [0.15, 0.2) is 17.3 Å². The second-order valence-electron chi connectivity index (χ2n) is 11.9. The van der Waals surface area contributed by atoms with E-state index in [0.717, 1.165) is 64.6 Å². The Hall–Kier alpha value is -3.85. The van der Waals surface area contributed by atoms with Crippen LogP contribution in [0.3, 0.4) is 0 Å². The Labute approximate surface area is 228 Å². The fourth-order valence-corrected chi connectivity index (χ4v) is 5.43. The van der Waals surface area contributed by atoms with Crippen molar-refractivity contribution in [1.29, 1.82) is 0 Å². The Balaban J connectivity index is 1.27. The van der Waals surface area contributed by atoms with Crippen LogP contribution in [-0.4, -0.2) is 34.9 Å². The van der Waals surface area contributed by atoms with Crippen molar-refractivity contribution in [1.82, 2.24) is 40.2 Å². The second kappa shape index (κ2) is 9.72. The van der Waals surface area contributed by atoms with E-state index >= 15 is 0 Å². The SMILES string of the molecule is Cc1cc(-c2nc3c(-c4ccc5c(c4)CCCC5NCc4nc(C(C)(C)C)no4)ccnc3[nH]2)nn1C(C)C. The monoisotopic (exact) mass is 524 g/mol. The smallest absolute Gasteiger partial charge is 0.240 e. The number of nitrogens with zero attached hydrogens (tertiary/aromatic N) is 6. The highest BCUT2D eigenvalue weighted by molar-refractivity contribution is 5.91. The van der Waals surface area contributed by atoms with Gasteiger partial charge in [-0.1, -0.05) is 44.1 Å². The lowest BCUT2D eigenvalue weighted by atomic mass is 9.85. The van der Waals surface area contributed by atoms with E-state index in [2.05, 4.69) is 91.2 Å². The summed E-state index contributed by atoms with van der Waals surface area (Å²) in [5.74, 6) is 2.11. The number of aromatic amines is 1. The number of pyridine rings is 1. The number of aryl methyl sites for hydroxylation is 2. The van der Waals surface area contributed by atoms with Crippen LogP contribution in [0.4, 0.5) is 0 Å². The molecule has 4 heterocycles. The van der Waals surface area contributed by atoms with Crippen LogP contribution < -0.4 is 5.32 Å². The van der Waals surface area contributed by atoms with E-state index < -0.39 is 0 Å². The highest BCUT2D eigenvalue weighted by Crippen LogP contribution is 2.35. The number of fused-ring (bicyclic) bond motifs is 2. The summed E-state index contributed by atoms with van der Waals surface area (Å²) in [6, 6.07) is 11.4. The summed E-state index contributed by atoms with van der Waals surface area (Å²) < 4.78 is 7.52. The molecule has 5 aromatic rings. The van der Waals surface area contributed by atoms with Crippen LogP contribution >= 0.6 is 0 Å². The minimum Gasteiger partial charge on any atom is -0.338 e. The van der Waals surface area contributed by atoms with E-state index in [4.69, 9.17) is 14.6 Å². The first-order chi connectivity index (χ1) is 18.7. The fourth-order valence-electron chi connectivity index (χ4n) is 5.43. The lowest BCUT2D eigenvalue weighted by molar-refractivity contribution is 0.341. The summed E-state index contributed by atoms with van der Waals surface area (Å²) in [6.45, 7) is 13.2. The van der Waals surface area contributed by atoms with Gasteiger partial charge in [-0.3, -0.25) is 4.68 Å². The summed E-state index contributed by atoms with van der Waals surface area (Å²) >= 11 is 0. The number of aromatic nitrogens is 7. The van der Waals surface area contributed by atoms with E-state index in [1.165, 1.54) is 11.1 Å². The van der Waals surface area contributed by atoms with Gasteiger partial charge in [0, 0.05) is 35.0 Å². The van der Waals surface area contributed by atoms with Crippen molar-refractivity contribution in [2.45, 2.75) is 84.8 Å². The summed E-state index contributed by atoms with van der Waals surface area (Å²) in [5.41, 5.74) is 8.37. The Morgan fingerprint density at radius 1 is 1.15 bits per heavy atom. The zero-order valence-corrected chi connectivity index (χ0v) is 23.5. The van der Waals surface area contributed by atoms with E-state index in [9.17, 15) is 0 Å². The van der Waals surface area contributed by atoms with Crippen molar-refractivity contribution in [3.05, 3.63) is 65.1 Å². The van der Waals surface area contributed by atoms with Crippen LogP contribution in [0.2, 0.25) is 0 Å². The molecule has 1 aromatic carbocycles. The van der Waals surface area contributed by atoms with E-state index in [1.807, 2.05) is 16.9 Å². The molecule has 4 aromatic heterocycles. The van der Waals surface area contributed by atoms with Crippen LogP contribution in [0, 0.1) is 6.92 Å². The summed E-state index contributed by atoms with van der Waals surface area (Å²) in [7, 11) is 0. The highest BCUT2D eigenvalue weighted by atomic mass is 16.5. The zero-order valence-electron chi connectivity index (χ0n) is 23.5. The molecule has 9 nitrogen and oxygen atoms in total. The summed E-state index contributed by atoms with van der Waals surface area (Å²) in [6.07, 6.45) is 5.11. The first kappa shape index (κ1) is 25.4. The van der Waals surface area contributed by atoms with Crippen molar-refractivity contribution < 1.29 is 4.52 Å². The zero-order chi connectivity index (χ0) is 27.3. The van der Waals surface area contributed by atoms with Gasteiger partial charge in [-0.2, -0.15) is 10.1 Å². The maximum absolute atomic E-state index is 5.50. The van der Waals surface area contributed by atoms with Gasteiger partial charge in [-0.25, -0.2) is 9.97 Å². The molecule has 1 unspecified atom stereocenters. The number of imidazole rings is 1. The van der Waals surface area contributed by atoms with E-state index in [1.54, 1.807) is 0 Å². The maximum atomic E-state index is 5.50. The second-order valence-corrected chi connectivity index (χ2v) is 11.9. The number of rotatable bonds is 6. The first-order valence-corrected chi connectivity index (χ1v) is 13.8. The number of benzene rings is 1. The third-order valence-electron chi connectivity index (χ3n) is 7.45. The Bertz CT molecular complexity index is 1630. The molecule has 2 N–H and O–H groups in total. The number of hydrogen-bond donors (Lipinski definition) is 2. The Morgan fingerprint density at radius 3 is 2.74 bits per heavy atom. The predicted octanol–water partition coefficient (Wildman–Crippen LogP) is 6.23. The van der Waals surface area contributed by atoms with Crippen molar-refractivity contribution in [3.8, 4) is 22.6 Å². The topological polar surface area (TPSA) is 110 Å². The van der Waals surface area contributed by atoms with Crippen LogP contribution in [0.1, 0.15) is 88.1 Å². The molecule has 0 bridgehead atoms. The minimum atomic E-state index is -0.127. The van der Waals surface area contributed by atoms with Gasteiger partial charge in [-0.15, -0.1) is 0 Å². The average Bonchev–Trinajstić information content (AvgIpc) is 3.64. The Morgan fingerprint density at radius 2 is 2.00 bits per heavy atom. The van der Waals surface area contributed by atoms with Crippen LogP contribution in [0.15, 0.2) is 41.1 Å². The number of hydrogen-bond acceptors (Lipinski definition) is 7. The van der Waals surface area contributed by atoms with Gasteiger partial charge in [0.05, 0.1) is 6.54 Å². The molecule has 0 saturated heterocycles. The van der Waals surface area contributed by atoms with Crippen molar-refractivity contribution in [3.63, 3.8) is 0 Å². The molecule has 0 fully saturated rings. The lowest BCUT2D eigenvalue weighted by Gasteiger charge is -2.26. The van der Waals surface area contributed by atoms with Gasteiger partial charge in [-0.05, 0) is 68.9 Å². The van der Waals surface area contributed by atoms with Crippen molar-refractivity contribution in [2.24, 2.45) is 0 Å². The molecule has 0 radical (unpaired) electrons. The van der Waals surface area contributed by atoms with Gasteiger partial charge in [0.1, 0.15) is 11.2 Å². The predicted molar refractivity (Wildman–Crippen MR) is 151 cm³/mol. The Kier molecular flexibility index (Phi) is 6.33.